The van der Waals surface area contributed by atoms with E-state index in [2.05, 4.69) is 0 Å². The molecule has 3 nitrogen and oxygen atoms in total. The standard InChI is InChI=1S/C5H8O3/c1-3(5(6)7)4-2-8-4/h3-4H,2H2,1H3,(H,6,7)/t3?,4-/m0/s1. The van der Waals surface area contributed by atoms with E-state index in [9.17, 15) is 4.79 Å². The third kappa shape index (κ3) is 0.980. The molecule has 0 radical (unpaired) electrons. The highest BCUT2D eigenvalue weighted by Gasteiger charge is 2.33. The molecule has 0 aromatic rings. The topological polar surface area (TPSA) is 49.8 Å². The molecule has 0 aromatic heterocycles. The van der Waals surface area contributed by atoms with Crippen LogP contribution in [0.1, 0.15) is 6.92 Å². The average molecular weight is 116 g/mol. The zero-order chi connectivity index (χ0) is 6.15. The predicted molar refractivity (Wildman–Crippen MR) is 26.5 cm³/mol. The second-order valence-electron chi connectivity index (χ2n) is 2.00. The van der Waals surface area contributed by atoms with Gasteiger partial charge in [-0.2, -0.15) is 0 Å². The monoisotopic (exact) mass is 116 g/mol. The third-order valence-electron chi connectivity index (χ3n) is 1.31. The Bertz CT molecular complexity index is 106. The van der Waals surface area contributed by atoms with Crippen molar-refractivity contribution in [3.8, 4) is 0 Å². The van der Waals surface area contributed by atoms with E-state index in [1.165, 1.54) is 0 Å². The summed E-state index contributed by atoms with van der Waals surface area (Å²) in [6.45, 7) is 2.27. The normalized spacial score (nSPS) is 29.4. The minimum Gasteiger partial charge on any atom is -0.481 e. The molecule has 0 aliphatic carbocycles. The van der Waals surface area contributed by atoms with Crippen LogP contribution in [-0.2, 0) is 9.53 Å². The van der Waals surface area contributed by atoms with Crippen molar-refractivity contribution in [2.45, 2.75) is 13.0 Å². The van der Waals surface area contributed by atoms with E-state index in [1.807, 2.05) is 0 Å². The number of ether oxygens (including phenoxy) is 1. The largest absolute Gasteiger partial charge is 0.481 e. The quantitative estimate of drug-likeness (QED) is 0.521. The van der Waals surface area contributed by atoms with Gasteiger partial charge in [-0.25, -0.2) is 0 Å². The minimum absolute atomic E-state index is 0.00694. The molecule has 1 N–H and O–H groups in total. The van der Waals surface area contributed by atoms with Gasteiger partial charge in [-0.15, -0.1) is 0 Å². The lowest BCUT2D eigenvalue weighted by molar-refractivity contribution is -0.141. The van der Waals surface area contributed by atoms with Crippen molar-refractivity contribution in [3.05, 3.63) is 0 Å². The van der Waals surface area contributed by atoms with E-state index in [0.29, 0.717) is 6.61 Å². The first-order valence-electron chi connectivity index (χ1n) is 2.56. The van der Waals surface area contributed by atoms with Gasteiger partial charge in [0.05, 0.1) is 18.6 Å². The fourth-order valence-electron chi connectivity index (χ4n) is 0.503. The lowest BCUT2D eigenvalue weighted by Gasteiger charge is -1.96. The average Bonchev–Trinajstić information content (AvgIpc) is 2.43. The van der Waals surface area contributed by atoms with Crippen LogP contribution in [0.15, 0.2) is 0 Å². The Balaban J connectivity index is 2.32. The Hall–Kier alpha value is -0.570. The number of hydrogen-bond donors (Lipinski definition) is 1. The first-order valence-corrected chi connectivity index (χ1v) is 2.56. The summed E-state index contributed by atoms with van der Waals surface area (Å²) >= 11 is 0. The van der Waals surface area contributed by atoms with E-state index in [4.69, 9.17) is 9.84 Å². The molecule has 1 aliphatic rings. The number of carbonyl (C=O) groups is 1. The van der Waals surface area contributed by atoms with Gasteiger partial charge in [-0.3, -0.25) is 4.79 Å². The summed E-state index contributed by atoms with van der Waals surface area (Å²) in [7, 11) is 0. The number of aliphatic carboxylic acids is 1. The molecule has 3 heteroatoms. The first kappa shape index (κ1) is 5.56. The Morgan fingerprint density at radius 2 is 2.50 bits per heavy atom. The van der Waals surface area contributed by atoms with Crippen LogP contribution in [0.4, 0.5) is 0 Å². The number of epoxide rings is 1. The minimum atomic E-state index is -0.771. The maximum Gasteiger partial charge on any atom is 0.308 e. The molecular formula is C5H8O3. The van der Waals surface area contributed by atoms with Crippen LogP contribution < -0.4 is 0 Å². The van der Waals surface area contributed by atoms with Crippen molar-refractivity contribution in [1.82, 2.24) is 0 Å². The van der Waals surface area contributed by atoms with E-state index < -0.39 is 5.97 Å². The lowest BCUT2D eigenvalue weighted by Crippen LogP contribution is -2.15. The molecule has 8 heavy (non-hydrogen) atoms. The van der Waals surface area contributed by atoms with Crippen LogP contribution in [0.3, 0.4) is 0 Å². The maximum atomic E-state index is 10.1. The smallest absolute Gasteiger partial charge is 0.308 e. The summed E-state index contributed by atoms with van der Waals surface area (Å²) in [6.07, 6.45) is -0.00694. The van der Waals surface area contributed by atoms with Gasteiger partial charge in [-0.05, 0) is 6.92 Å². The molecule has 1 saturated heterocycles. The lowest BCUT2D eigenvalue weighted by atomic mass is 10.1. The molecule has 46 valence electrons. The van der Waals surface area contributed by atoms with Gasteiger partial charge in [0.25, 0.3) is 0 Å². The van der Waals surface area contributed by atoms with Crippen LogP contribution in [-0.4, -0.2) is 23.8 Å². The highest BCUT2D eigenvalue weighted by Crippen LogP contribution is 2.19. The number of carboxylic acids is 1. The fourth-order valence-corrected chi connectivity index (χ4v) is 0.503. The Morgan fingerprint density at radius 3 is 2.62 bits per heavy atom. The Labute approximate surface area is 47.3 Å². The number of hydrogen-bond acceptors (Lipinski definition) is 2. The van der Waals surface area contributed by atoms with Gasteiger partial charge in [0.1, 0.15) is 0 Å². The summed E-state index contributed by atoms with van der Waals surface area (Å²) in [4.78, 5) is 10.1. The first-order chi connectivity index (χ1) is 3.72. The predicted octanol–water partition coefficient (Wildman–Crippen LogP) is 0.106. The number of carboxylic acid groups (broad SMARTS) is 1. The SMILES string of the molecule is CC(C(=O)O)[C@@H]1CO1. The molecule has 0 aromatic carbocycles. The molecule has 0 amide bonds. The molecule has 0 spiro atoms. The molecule has 1 heterocycles. The van der Waals surface area contributed by atoms with Crippen molar-refractivity contribution in [3.63, 3.8) is 0 Å². The van der Waals surface area contributed by atoms with E-state index >= 15 is 0 Å². The molecule has 1 fully saturated rings. The van der Waals surface area contributed by atoms with Gasteiger partial charge in [0.15, 0.2) is 0 Å². The summed E-state index contributed by atoms with van der Waals surface area (Å²) in [6, 6.07) is 0. The molecule has 0 saturated carbocycles. The fraction of sp³-hybridized carbons (Fsp3) is 0.800. The van der Waals surface area contributed by atoms with Crippen molar-refractivity contribution in [2.75, 3.05) is 6.61 Å². The highest BCUT2D eigenvalue weighted by molar-refractivity contribution is 5.70. The zero-order valence-electron chi connectivity index (χ0n) is 4.63. The van der Waals surface area contributed by atoms with E-state index in [-0.39, 0.29) is 12.0 Å². The zero-order valence-corrected chi connectivity index (χ0v) is 4.63. The third-order valence-corrected chi connectivity index (χ3v) is 1.31. The second-order valence-corrected chi connectivity index (χ2v) is 2.00. The maximum absolute atomic E-state index is 10.1. The molecule has 2 atom stereocenters. The van der Waals surface area contributed by atoms with Crippen molar-refractivity contribution in [2.24, 2.45) is 5.92 Å². The van der Waals surface area contributed by atoms with Crippen LogP contribution >= 0.6 is 0 Å². The van der Waals surface area contributed by atoms with Crippen LogP contribution in [0, 0.1) is 5.92 Å². The van der Waals surface area contributed by atoms with E-state index in [0.717, 1.165) is 0 Å². The Morgan fingerprint density at radius 1 is 2.00 bits per heavy atom. The van der Waals surface area contributed by atoms with Crippen LogP contribution in [0.2, 0.25) is 0 Å². The van der Waals surface area contributed by atoms with Crippen molar-refractivity contribution >= 4 is 5.97 Å². The van der Waals surface area contributed by atoms with Crippen LogP contribution in [0.5, 0.6) is 0 Å². The molecule has 1 rings (SSSR count). The van der Waals surface area contributed by atoms with Gasteiger partial charge in [-0.1, -0.05) is 0 Å². The van der Waals surface area contributed by atoms with Crippen molar-refractivity contribution in [1.29, 1.82) is 0 Å². The second kappa shape index (κ2) is 1.74. The highest BCUT2D eigenvalue weighted by atomic mass is 16.6. The van der Waals surface area contributed by atoms with Gasteiger partial charge in [0, 0.05) is 0 Å². The summed E-state index contributed by atoms with van der Waals surface area (Å²) in [5.74, 6) is -1.09. The Kier molecular flexibility index (Phi) is 1.21. The summed E-state index contributed by atoms with van der Waals surface area (Å²) in [5, 5.41) is 8.31. The van der Waals surface area contributed by atoms with Gasteiger partial charge >= 0.3 is 5.97 Å². The van der Waals surface area contributed by atoms with Crippen LogP contribution in [0.25, 0.3) is 0 Å². The molecule has 0 bridgehead atoms. The summed E-state index contributed by atoms with van der Waals surface area (Å²) in [5.41, 5.74) is 0. The van der Waals surface area contributed by atoms with Crippen molar-refractivity contribution < 1.29 is 14.6 Å². The molecule has 1 aliphatic heterocycles. The van der Waals surface area contributed by atoms with Gasteiger partial charge < -0.3 is 9.84 Å². The summed E-state index contributed by atoms with van der Waals surface area (Å²) < 4.78 is 4.75. The van der Waals surface area contributed by atoms with Gasteiger partial charge in [0.2, 0.25) is 0 Å². The number of rotatable bonds is 2. The molecular weight excluding hydrogens is 108 g/mol. The van der Waals surface area contributed by atoms with E-state index in [1.54, 1.807) is 6.92 Å². The molecule has 1 unspecified atom stereocenters.